The topological polar surface area (TPSA) is 308 Å². The van der Waals surface area contributed by atoms with Crippen molar-refractivity contribution in [1.29, 1.82) is 0 Å². The number of carbonyl (C=O) groups is 12. The lowest BCUT2D eigenvalue weighted by atomic mass is 9.91. The van der Waals surface area contributed by atoms with Crippen LogP contribution in [-0.4, -0.2) is 239 Å². The third-order valence-electron chi connectivity index (χ3n) is 16.3. The third kappa shape index (κ3) is 21.0. The zero-order chi connectivity index (χ0) is 67.3. The smallest absolute Gasteiger partial charge is 0.247 e. The number of aliphatic hydroxyl groups excluding tert-OH is 1. The van der Waals surface area contributed by atoms with Crippen molar-refractivity contribution >= 4 is 70.9 Å². The van der Waals surface area contributed by atoms with E-state index in [0.29, 0.717) is 5.56 Å². The van der Waals surface area contributed by atoms with Crippen molar-refractivity contribution in [3.05, 3.63) is 60.7 Å². The van der Waals surface area contributed by atoms with Crippen LogP contribution in [0.5, 0.6) is 0 Å². The second kappa shape index (κ2) is 35.3. The fourth-order valence-electron chi connectivity index (χ4n) is 10.3. The van der Waals surface area contributed by atoms with E-state index in [1.807, 2.05) is 27.7 Å². The first-order valence-electron chi connectivity index (χ1n) is 30.3. The fraction of sp³-hybridized carbons (Fsp3) is 0.651. The number of hydrogen-bond donors (Lipinski definition) is 6. The molecule has 0 saturated carbocycles. The molecular formula is C63H102N12O13. The van der Waals surface area contributed by atoms with Crippen LogP contribution in [0.4, 0.5) is 0 Å². The monoisotopic (exact) mass is 1230 g/mol. The molecule has 1 aromatic carbocycles. The Labute approximate surface area is 521 Å². The molecule has 0 spiro atoms. The van der Waals surface area contributed by atoms with E-state index in [4.69, 9.17) is 0 Å². The molecule has 2 rings (SSSR count). The van der Waals surface area contributed by atoms with Gasteiger partial charge in [-0.15, -0.1) is 0 Å². The SMILES string of the molecule is C=CC(=O)NC[C@@H]1NC(=O)[C@H](C)N(C)C(=O)CN(C)C(=O)[C@H](CC)NC(=O)[C@H]([C@H](O)[C@H](C)C/C=C/C)N(C)C(=O)[C@H](C(C)C)N(C)C(=O)[C@H](CC(C)C)N(C)C(=O)[C@H](CC(C)C)N(C)C(=O)[C@@H](C)NC(=O)[C@H](Cc2ccccc2)NC(=O)[C@@H](C)N(C)C1=O. The van der Waals surface area contributed by atoms with Crippen LogP contribution in [0.3, 0.4) is 0 Å². The number of nitrogens with one attached hydrogen (secondary N) is 5. The molecule has 1 aliphatic heterocycles. The molecule has 1 fully saturated rings. The van der Waals surface area contributed by atoms with Gasteiger partial charge in [0.25, 0.3) is 0 Å². The molecule has 25 nitrogen and oxygen atoms in total. The van der Waals surface area contributed by atoms with E-state index < -0.39 is 162 Å². The summed E-state index contributed by atoms with van der Waals surface area (Å²) < 4.78 is 0. The lowest BCUT2D eigenvalue weighted by molar-refractivity contribution is -0.157. The van der Waals surface area contributed by atoms with Gasteiger partial charge >= 0.3 is 0 Å². The molecule has 0 bridgehead atoms. The van der Waals surface area contributed by atoms with Crippen molar-refractivity contribution in [2.75, 3.05) is 62.4 Å². The molecule has 492 valence electrons. The zero-order valence-electron chi connectivity index (χ0n) is 55.4. The van der Waals surface area contributed by atoms with Crippen molar-refractivity contribution in [3.8, 4) is 0 Å². The van der Waals surface area contributed by atoms with Crippen LogP contribution in [0.15, 0.2) is 55.1 Å². The van der Waals surface area contributed by atoms with E-state index in [-0.39, 0.29) is 43.9 Å². The maximum absolute atomic E-state index is 15.2. The molecule has 25 heteroatoms. The van der Waals surface area contributed by atoms with Crippen molar-refractivity contribution < 1.29 is 62.6 Å². The molecule has 0 aliphatic carbocycles. The van der Waals surface area contributed by atoms with E-state index in [1.54, 1.807) is 77.1 Å². The highest BCUT2D eigenvalue weighted by molar-refractivity contribution is 6.00. The molecule has 0 unspecified atom stereocenters. The summed E-state index contributed by atoms with van der Waals surface area (Å²) in [7, 11) is 9.48. The summed E-state index contributed by atoms with van der Waals surface area (Å²) in [4.78, 5) is 180. The predicted molar refractivity (Wildman–Crippen MR) is 334 cm³/mol. The van der Waals surface area contributed by atoms with Gasteiger partial charge in [-0.3, -0.25) is 57.5 Å². The van der Waals surface area contributed by atoms with Gasteiger partial charge in [0.1, 0.15) is 60.4 Å². The molecule has 1 aliphatic rings. The lowest BCUT2D eigenvalue weighted by Gasteiger charge is -2.41. The highest BCUT2D eigenvalue weighted by Gasteiger charge is 2.45. The summed E-state index contributed by atoms with van der Waals surface area (Å²) in [5, 5.41) is 25.2. The third-order valence-corrected chi connectivity index (χ3v) is 16.3. The second-order valence-electron chi connectivity index (χ2n) is 24.5. The Kier molecular flexibility index (Phi) is 30.7. The minimum atomic E-state index is -1.64. The van der Waals surface area contributed by atoms with Gasteiger partial charge in [0.05, 0.1) is 12.6 Å². The van der Waals surface area contributed by atoms with Crippen LogP contribution in [0, 0.1) is 23.7 Å². The number of rotatable bonds is 15. The van der Waals surface area contributed by atoms with Crippen LogP contribution >= 0.6 is 0 Å². The second-order valence-corrected chi connectivity index (χ2v) is 24.5. The van der Waals surface area contributed by atoms with Gasteiger partial charge in [-0.1, -0.05) is 104 Å². The summed E-state index contributed by atoms with van der Waals surface area (Å²) in [5.74, 6) is -10.7. The van der Waals surface area contributed by atoms with Crippen molar-refractivity contribution in [1.82, 2.24) is 60.9 Å². The summed E-state index contributed by atoms with van der Waals surface area (Å²) in [6.45, 7) is 22.4. The van der Waals surface area contributed by atoms with Crippen LogP contribution < -0.4 is 26.6 Å². The van der Waals surface area contributed by atoms with Crippen LogP contribution in [-0.2, 0) is 64.0 Å². The normalized spacial score (nSPS) is 26.0. The fourth-order valence-corrected chi connectivity index (χ4v) is 10.3. The molecule has 0 radical (unpaired) electrons. The predicted octanol–water partition coefficient (Wildman–Crippen LogP) is 1.09. The average Bonchev–Trinajstić information content (AvgIpc) is 3.59. The van der Waals surface area contributed by atoms with E-state index in [0.717, 1.165) is 25.7 Å². The lowest BCUT2D eigenvalue weighted by Crippen LogP contribution is -2.63. The van der Waals surface area contributed by atoms with E-state index >= 15 is 14.4 Å². The molecule has 12 atom stereocenters. The van der Waals surface area contributed by atoms with Gasteiger partial charge in [0.15, 0.2) is 0 Å². The van der Waals surface area contributed by atoms with Crippen LogP contribution in [0.2, 0.25) is 0 Å². The summed E-state index contributed by atoms with van der Waals surface area (Å²) in [5.41, 5.74) is 0.620. The Morgan fingerprint density at radius 2 is 1.09 bits per heavy atom. The Morgan fingerprint density at radius 3 is 1.59 bits per heavy atom. The van der Waals surface area contributed by atoms with Crippen LogP contribution in [0.1, 0.15) is 114 Å². The molecule has 1 saturated heterocycles. The van der Waals surface area contributed by atoms with Gasteiger partial charge in [-0.25, -0.2) is 0 Å². The minimum absolute atomic E-state index is 0.0154. The van der Waals surface area contributed by atoms with Gasteiger partial charge < -0.3 is 66.0 Å². The van der Waals surface area contributed by atoms with E-state index in [2.05, 4.69) is 33.2 Å². The van der Waals surface area contributed by atoms with Crippen LogP contribution in [0.25, 0.3) is 0 Å². The molecule has 12 amide bonds. The number of benzene rings is 1. The summed E-state index contributed by atoms with van der Waals surface area (Å²) in [6, 6.07) is -4.77. The van der Waals surface area contributed by atoms with Gasteiger partial charge in [0.2, 0.25) is 70.9 Å². The first-order valence-corrected chi connectivity index (χ1v) is 30.3. The number of aliphatic hydroxyl groups is 1. The number of carbonyl (C=O) groups excluding carboxylic acids is 12. The Morgan fingerprint density at radius 1 is 0.602 bits per heavy atom. The average molecular weight is 1240 g/mol. The highest BCUT2D eigenvalue weighted by atomic mass is 16.3. The first-order chi connectivity index (χ1) is 41.0. The van der Waals surface area contributed by atoms with Gasteiger partial charge in [-0.05, 0) is 88.7 Å². The Balaban J connectivity index is 2.97. The molecule has 6 N–H and O–H groups in total. The summed E-state index contributed by atoms with van der Waals surface area (Å²) in [6.07, 6.45) is 3.40. The van der Waals surface area contributed by atoms with E-state index in [9.17, 15) is 48.3 Å². The quantitative estimate of drug-likeness (QED) is 0.106. The number of amides is 12. The largest absolute Gasteiger partial charge is 0.390 e. The number of allylic oxidation sites excluding steroid dienone is 2. The molecule has 88 heavy (non-hydrogen) atoms. The van der Waals surface area contributed by atoms with E-state index in [1.165, 1.54) is 84.8 Å². The van der Waals surface area contributed by atoms with Crippen molar-refractivity contribution in [3.63, 3.8) is 0 Å². The van der Waals surface area contributed by atoms with Gasteiger partial charge in [0, 0.05) is 62.3 Å². The Hall–Kier alpha value is -7.70. The maximum Gasteiger partial charge on any atom is 0.247 e. The molecule has 1 aromatic rings. The standard InChI is InChI=1S/C63H102N12O13/c1-21-24-28-39(10)53(78)52-57(82)66-44(22-2)59(84)69(14)35-50(77)70(15)41(12)54(79)68-46(34-64-49(76)23-3)60(85)71(16)42(13)55(80)67-45(33-43-29-26-25-27-30-43)56(81)65-40(11)58(83)72(17)47(31-36(4)5)61(86)73(18)48(32-37(6)7)62(87)74(19)51(38(8)9)63(88)75(52)20/h21,23-27,29-30,36-42,44-48,51-53,78H,3,22,28,31-35H2,1-2,4-20H3,(H,64,76)(H,65,81)(H,66,82)(H,67,80)(H,68,79)/b24-21+/t39-,40-,41+,42-,44+,45+,46+,47+,48+,51+,52+,53-/m1/s1. The first kappa shape index (κ1) is 76.4. The summed E-state index contributed by atoms with van der Waals surface area (Å²) >= 11 is 0. The molecular weight excluding hydrogens is 1130 g/mol. The maximum atomic E-state index is 15.2. The van der Waals surface area contributed by atoms with Crippen molar-refractivity contribution in [2.24, 2.45) is 23.7 Å². The molecule has 0 aromatic heterocycles. The van der Waals surface area contributed by atoms with Crippen molar-refractivity contribution in [2.45, 2.75) is 182 Å². The minimum Gasteiger partial charge on any atom is -0.390 e. The Bertz CT molecular complexity index is 2650. The zero-order valence-corrected chi connectivity index (χ0v) is 55.4. The molecule has 1 heterocycles. The number of hydrogen-bond acceptors (Lipinski definition) is 13. The number of nitrogens with zero attached hydrogens (tertiary/aromatic N) is 7. The number of likely N-dealkylation sites (N-methyl/N-ethyl adjacent to an activating group) is 7. The van der Waals surface area contributed by atoms with Gasteiger partial charge in [-0.2, -0.15) is 0 Å². The highest BCUT2D eigenvalue weighted by Crippen LogP contribution is 2.25.